The summed E-state index contributed by atoms with van der Waals surface area (Å²) in [6.45, 7) is 5.31. The van der Waals surface area contributed by atoms with Gasteiger partial charge >= 0.3 is 0 Å². The van der Waals surface area contributed by atoms with Crippen molar-refractivity contribution in [3.05, 3.63) is 71.8 Å². The lowest BCUT2D eigenvalue weighted by molar-refractivity contribution is -0.150. The van der Waals surface area contributed by atoms with Crippen molar-refractivity contribution >= 4 is 5.91 Å². The molecule has 5 heteroatoms. The molecule has 0 unspecified atom stereocenters. The quantitative estimate of drug-likeness (QED) is 0.772. The fourth-order valence-corrected chi connectivity index (χ4v) is 3.84. The lowest BCUT2D eigenvalue weighted by atomic mass is 9.91. The Hall–Kier alpha value is -2.21. The molecule has 0 spiro atoms. The van der Waals surface area contributed by atoms with Crippen LogP contribution in [-0.4, -0.2) is 36.0 Å². The summed E-state index contributed by atoms with van der Waals surface area (Å²) in [6.07, 6.45) is 0.673. The van der Waals surface area contributed by atoms with Gasteiger partial charge in [0, 0.05) is 13.0 Å². The minimum absolute atomic E-state index is 0.0929. The molecule has 0 radical (unpaired) electrons. The molecule has 1 amide bonds. The van der Waals surface area contributed by atoms with Crippen LogP contribution in [0.4, 0.5) is 0 Å². The van der Waals surface area contributed by atoms with Crippen molar-refractivity contribution < 1.29 is 14.3 Å². The van der Waals surface area contributed by atoms with Crippen LogP contribution in [0.2, 0.25) is 0 Å². The number of benzene rings is 2. The summed E-state index contributed by atoms with van der Waals surface area (Å²) in [5, 5.41) is 3.06. The van der Waals surface area contributed by atoms with Crippen molar-refractivity contribution in [2.45, 2.75) is 63.7 Å². The average molecular weight is 383 g/mol. The highest BCUT2D eigenvalue weighted by Gasteiger charge is 2.47. The lowest BCUT2D eigenvalue weighted by Crippen LogP contribution is -2.53. The summed E-state index contributed by atoms with van der Waals surface area (Å²) in [5.41, 5.74) is 8.85. The number of hydrogen-bond acceptors (Lipinski definition) is 4. The number of nitrogens with two attached hydrogens (primary N) is 1. The minimum Gasteiger partial charge on any atom is -0.351 e. The lowest BCUT2D eigenvalue weighted by Gasteiger charge is -2.30. The third kappa shape index (κ3) is 5.41. The van der Waals surface area contributed by atoms with Gasteiger partial charge < -0.3 is 20.5 Å². The topological polar surface area (TPSA) is 73.6 Å². The third-order valence-corrected chi connectivity index (χ3v) is 4.98. The van der Waals surface area contributed by atoms with E-state index in [0.717, 1.165) is 11.1 Å². The zero-order valence-electron chi connectivity index (χ0n) is 16.8. The summed E-state index contributed by atoms with van der Waals surface area (Å²) < 4.78 is 12.4. The molecule has 1 aliphatic rings. The highest BCUT2D eigenvalue weighted by molar-refractivity contribution is 5.73. The Balaban J connectivity index is 1.81. The Morgan fingerprint density at radius 3 is 2.00 bits per heavy atom. The number of hydrogen-bond donors (Lipinski definition) is 2. The normalized spacial score (nSPS) is 23.1. The first kappa shape index (κ1) is 20.5. The fourth-order valence-electron chi connectivity index (χ4n) is 3.84. The molecule has 1 fully saturated rings. The van der Waals surface area contributed by atoms with Crippen LogP contribution in [0, 0.1) is 0 Å². The van der Waals surface area contributed by atoms with Crippen molar-refractivity contribution in [3.63, 3.8) is 0 Å². The van der Waals surface area contributed by atoms with Crippen LogP contribution in [-0.2, 0) is 27.1 Å². The predicted molar refractivity (Wildman–Crippen MR) is 110 cm³/mol. The van der Waals surface area contributed by atoms with Crippen molar-refractivity contribution in [2.24, 2.45) is 5.73 Å². The van der Waals surface area contributed by atoms with Gasteiger partial charge in [-0.05, 0) is 37.8 Å². The minimum atomic E-state index is -0.753. The molecule has 150 valence electrons. The van der Waals surface area contributed by atoms with Crippen LogP contribution in [0.15, 0.2) is 60.7 Å². The Labute approximate surface area is 167 Å². The van der Waals surface area contributed by atoms with Crippen molar-refractivity contribution in [1.29, 1.82) is 0 Å². The second kappa shape index (κ2) is 8.86. The molecular formula is C23H30N2O3. The molecule has 2 aromatic rings. The van der Waals surface area contributed by atoms with Gasteiger partial charge in [0.1, 0.15) is 12.2 Å². The number of carbonyl (C=O) groups is 1. The fraction of sp³-hybridized carbons (Fsp3) is 0.435. The molecule has 3 rings (SSSR count). The van der Waals surface area contributed by atoms with Crippen LogP contribution >= 0.6 is 0 Å². The van der Waals surface area contributed by atoms with Crippen LogP contribution < -0.4 is 11.1 Å². The molecule has 0 aromatic heterocycles. The van der Waals surface area contributed by atoms with Gasteiger partial charge in [-0.15, -0.1) is 0 Å². The molecular weight excluding hydrogens is 352 g/mol. The Morgan fingerprint density at radius 2 is 1.46 bits per heavy atom. The second-order valence-corrected chi connectivity index (χ2v) is 7.92. The molecule has 5 nitrogen and oxygen atoms in total. The van der Waals surface area contributed by atoms with Crippen LogP contribution in [0.1, 0.15) is 31.9 Å². The maximum Gasteiger partial charge on any atom is 0.217 e. The zero-order chi connectivity index (χ0) is 20.1. The van der Waals surface area contributed by atoms with Gasteiger partial charge in [-0.3, -0.25) is 4.79 Å². The maximum atomic E-state index is 11.9. The number of nitrogens with one attached hydrogen (secondary N) is 1. The molecule has 4 atom stereocenters. The summed E-state index contributed by atoms with van der Waals surface area (Å²) >= 11 is 0. The van der Waals surface area contributed by atoms with Gasteiger partial charge in [0.2, 0.25) is 5.91 Å². The van der Waals surface area contributed by atoms with Crippen molar-refractivity contribution in [2.75, 3.05) is 0 Å². The highest BCUT2D eigenvalue weighted by Crippen LogP contribution is 2.33. The molecule has 1 heterocycles. The average Bonchev–Trinajstić information content (AvgIpc) is 2.98. The first-order chi connectivity index (χ1) is 13.3. The van der Waals surface area contributed by atoms with Gasteiger partial charge in [-0.2, -0.15) is 0 Å². The largest absolute Gasteiger partial charge is 0.351 e. The number of amides is 1. The third-order valence-electron chi connectivity index (χ3n) is 4.98. The second-order valence-electron chi connectivity index (χ2n) is 7.92. The predicted octanol–water partition coefficient (Wildman–Crippen LogP) is 2.82. The van der Waals surface area contributed by atoms with E-state index in [1.54, 1.807) is 0 Å². The Morgan fingerprint density at radius 1 is 0.964 bits per heavy atom. The van der Waals surface area contributed by atoms with Crippen molar-refractivity contribution in [1.82, 2.24) is 5.32 Å². The molecule has 0 aliphatic carbocycles. The van der Waals surface area contributed by atoms with Gasteiger partial charge in [0.15, 0.2) is 5.79 Å². The van der Waals surface area contributed by atoms with Crippen LogP contribution in [0.5, 0.6) is 0 Å². The maximum absolute atomic E-state index is 11.9. The van der Waals surface area contributed by atoms with E-state index in [1.807, 2.05) is 50.2 Å². The molecule has 0 bridgehead atoms. The van der Waals surface area contributed by atoms with E-state index in [-0.39, 0.29) is 30.2 Å². The van der Waals surface area contributed by atoms with Gasteiger partial charge in [-0.25, -0.2) is 0 Å². The van der Waals surface area contributed by atoms with E-state index >= 15 is 0 Å². The number of carbonyl (C=O) groups excluding carboxylic acids is 1. The molecule has 1 saturated heterocycles. The molecule has 28 heavy (non-hydrogen) atoms. The Kier molecular flexibility index (Phi) is 6.50. The van der Waals surface area contributed by atoms with E-state index in [4.69, 9.17) is 15.2 Å². The summed E-state index contributed by atoms with van der Waals surface area (Å²) in [4.78, 5) is 11.9. The molecule has 3 N–H and O–H groups in total. The van der Waals surface area contributed by atoms with E-state index in [0.29, 0.717) is 12.8 Å². The Bertz CT molecular complexity index is 764. The SMILES string of the molecule is CC(=O)N[C@H](Cc1ccccc1)[C@@H]1OC(C)(C)O[C@H]1[C@H](N)Cc1ccccc1. The highest BCUT2D eigenvalue weighted by atomic mass is 16.8. The van der Waals surface area contributed by atoms with E-state index in [1.165, 1.54) is 6.92 Å². The van der Waals surface area contributed by atoms with Crippen LogP contribution in [0.25, 0.3) is 0 Å². The first-order valence-corrected chi connectivity index (χ1v) is 9.80. The summed E-state index contributed by atoms with van der Waals surface area (Å²) in [5.74, 6) is -0.846. The monoisotopic (exact) mass is 382 g/mol. The van der Waals surface area contributed by atoms with Crippen LogP contribution in [0.3, 0.4) is 0 Å². The number of rotatable bonds is 7. The number of ether oxygens (including phenoxy) is 2. The molecule has 2 aromatic carbocycles. The van der Waals surface area contributed by atoms with E-state index < -0.39 is 5.79 Å². The van der Waals surface area contributed by atoms with E-state index in [2.05, 4.69) is 29.6 Å². The van der Waals surface area contributed by atoms with Gasteiger partial charge in [0.05, 0.1) is 6.04 Å². The zero-order valence-corrected chi connectivity index (χ0v) is 16.8. The van der Waals surface area contributed by atoms with E-state index in [9.17, 15) is 4.79 Å². The first-order valence-electron chi connectivity index (χ1n) is 9.80. The summed E-state index contributed by atoms with van der Waals surface area (Å²) in [6, 6.07) is 19.7. The van der Waals surface area contributed by atoms with Gasteiger partial charge in [0.25, 0.3) is 0 Å². The van der Waals surface area contributed by atoms with Gasteiger partial charge in [-0.1, -0.05) is 60.7 Å². The summed E-state index contributed by atoms with van der Waals surface area (Å²) in [7, 11) is 0. The standard InChI is InChI=1S/C23H30N2O3/c1-16(26)25-20(15-18-12-8-5-9-13-18)22-21(27-23(2,3)28-22)19(24)14-17-10-6-4-7-11-17/h4-13,19-22H,14-15,24H2,1-3H3,(H,25,26)/t19-,20-,21+,22+/m1/s1. The molecule has 1 aliphatic heterocycles. The smallest absolute Gasteiger partial charge is 0.217 e. The van der Waals surface area contributed by atoms with Crippen molar-refractivity contribution in [3.8, 4) is 0 Å². The molecule has 0 saturated carbocycles.